The van der Waals surface area contributed by atoms with Gasteiger partial charge in [0.2, 0.25) is 0 Å². The Hall–Kier alpha value is -3.88. The highest BCUT2D eigenvalue weighted by Gasteiger charge is 2.33. The zero-order chi connectivity index (χ0) is 24.7. The Balaban J connectivity index is 1.45. The molecule has 6 nitrogen and oxygen atoms in total. The molecule has 9 heteroatoms. The van der Waals surface area contributed by atoms with Crippen LogP contribution in [0.5, 0.6) is 5.75 Å². The van der Waals surface area contributed by atoms with E-state index in [2.05, 4.69) is 10.1 Å². The Morgan fingerprint density at radius 3 is 2.66 bits per heavy atom. The third-order valence-corrected chi connectivity index (χ3v) is 6.29. The summed E-state index contributed by atoms with van der Waals surface area (Å²) in [6.07, 6.45) is 2.03. The van der Waals surface area contributed by atoms with Gasteiger partial charge in [-0.1, -0.05) is 0 Å². The highest BCUT2D eigenvalue weighted by molar-refractivity contribution is 5.98. The minimum Gasteiger partial charge on any atom is -0.489 e. The monoisotopic (exact) mass is 480 g/mol. The average molecular weight is 480 g/mol. The molecule has 0 saturated heterocycles. The van der Waals surface area contributed by atoms with Gasteiger partial charge in [0.15, 0.2) is 0 Å². The van der Waals surface area contributed by atoms with E-state index >= 15 is 0 Å². The summed E-state index contributed by atoms with van der Waals surface area (Å²) in [6.45, 7) is 1.66. The number of nitrogens with zero attached hydrogens (tertiary/aromatic N) is 4. The molecular weight excluding hydrogens is 457 g/mol. The number of alkyl halides is 1. The topological polar surface area (TPSA) is 60.2 Å². The van der Waals surface area contributed by atoms with Crippen LogP contribution in [0.3, 0.4) is 0 Å². The van der Waals surface area contributed by atoms with Crippen molar-refractivity contribution in [1.82, 2.24) is 19.7 Å². The maximum Gasteiger partial charge on any atom is 0.254 e. The third kappa shape index (κ3) is 4.22. The Morgan fingerprint density at radius 1 is 1.14 bits per heavy atom. The second kappa shape index (κ2) is 9.05. The number of carbonyl (C=O) groups excluding carboxylic acids is 1. The van der Waals surface area contributed by atoms with Crippen molar-refractivity contribution in [2.45, 2.75) is 19.4 Å². The van der Waals surface area contributed by atoms with Crippen molar-refractivity contribution in [2.75, 3.05) is 19.8 Å². The molecule has 1 aliphatic heterocycles. The minimum atomic E-state index is -0.653. The lowest BCUT2D eigenvalue weighted by Crippen LogP contribution is -2.38. The SMILES string of the molecule is CC1c2nn(C)c(-c3cc(F)cc(F)c3)c2CCN1C(=O)c1ccc2ncc(OCCF)cc2c1. The molecule has 0 radical (unpaired) electrons. The first-order valence-corrected chi connectivity index (χ1v) is 11.3. The maximum atomic E-state index is 13.9. The van der Waals surface area contributed by atoms with Crippen molar-refractivity contribution in [3.8, 4) is 17.0 Å². The summed E-state index contributed by atoms with van der Waals surface area (Å²) >= 11 is 0. The summed E-state index contributed by atoms with van der Waals surface area (Å²) in [7, 11) is 1.73. The number of halogens is 3. The molecule has 1 amide bonds. The molecule has 4 aromatic rings. The Bertz CT molecular complexity index is 1420. The lowest BCUT2D eigenvalue weighted by molar-refractivity contribution is 0.0674. The van der Waals surface area contributed by atoms with Crippen LogP contribution in [0.25, 0.3) is 22.2 Å². The van der Waals surface area contributed by atoms with Crippen LogP contribution in [0.2, 0.25) is 0 Å². The normalized spacial score (nSPS) is 15.3. The molecule has 1 aliphatic rings. The minimum absolute atomic E-state index is 0.0617. The van der Waals surface area contributed by atoms with E-state index < -0.39 is 18.3 Å². The lowest BCUT2D eigenvalue weighted by atomic mass is 9.95. The van der Waals surface area contributed by atoms with Crippen molar-refractivity contribution in [1.29, 1.82) is 0 Å². The number of aromatic nitrogens is 3. The quantitative estimate of drug-likeness (QED) is 0.403. The first kappa shape index (κ1) is 22.9. The van der Waals surface area contributed by atoms with Gasteiger partial charge < -0.3 is 9.64 Å². The molecule has 2 aromatic carbocycles. The Morgan fingerprint density at radius 2 is 1.91 bits per heavy atom. The molecule has 0 aliphatic carbocycles. The zero-order valence-electron chi connectivity index (χ0n) is 19.3. The maximum absolute atomic E-state index is 13.9. The zero-order valence-corrected chi connectivity index (χ0v) is 19.3. The predicted octanol–water partition coefficient (Wildman–Crippen LogP) is 5.02. The van der Waals surface area contributed by atoms with Gasteiger partial charge in [0.05, 0.1) is 29.1 Å². The van der Waals surface area contributed by atoms with Crippen molar-refractivity contribution in [3.63, 3.8) is 0 Å². The molecule has 1 unspecified atom stereocenters. The van der Waals surface area contributed by atoms with Gasteiger partial charge in [-0.2, -0.15) is 5.10 Å². The molecule has 2 aromatic heterocycles. The van der Waals surface area contributed by atoms with Gasteiger partial charge in [-0.15, -0.1) is 0 Å². The van der Waals surface area contributed by atoms with Crippen LogP contribution in [-0.2, 0) is 13.5 Å². The summed E-state index contributed by atoms with van der Waals surface area (Å²) in [5.41, 5.74) is 3.83. The van der Waals surface area contributed by atoms with E-state index in [9.17, 15) is 18.0 Å². The fraction of sp³-hybridized carbons (Fsp3) is 0.269. The van der Waals surface area contributed by atoms with E-state index in [1.54, 1.807) is 40.9 Å². The third-order valence-electron chi connectivity index (χ3n) is 6.29. The highest BCUT2D eigenvalue weighted by Crippen LogP contribution is 2.36. The standard InChI is InChI=1S/C26H23F3N4O2/c1-15-24-22(25(32(2)31-24)18-10-19(28)13-20(29)11-18)5-7-33(15)26(34)16-3-4-23-17(9-16)12-21(14-30-23)35-8-6-27/h3-4,9-15H,5-8H2,1-2H3. The number of aryl methyl sites for hydroxylation is 1. The number of carbonyl (C=O) groups is 1. The fourth-order valence-corrected chi connectivity index (χ4v) is 4.72. The van der Waals surface area contributed by atoms with E-state index in [0.29, 0.717) is 52.1 Å². The van der Waals surface area contributed by atoms with E-state index in [-0.39, 0.29) is 18.6 Å². The van der Waals surface area contributed by atoms with Crippen LogP contribution in [-0.4, -0.2) is 45.4 Å². The smallest absolute Gasteiger partial charge is 0.254 e. The van der Waals surface area contributed by atoms with E-state index in [1.807, 2.05) is 6.92 Å². The van der Waals surface area contributed by atoms with Crippen LogP contribution in [0.1, 0.15) is 34.6 Å². The van der Waals surface area contributed by atoms with Crippen molar-refractivity contribution in [2.24, 2.45) is 7.05 Å². The molecule has 180 valence electrons. The van der Waals surface area contributed by atoms with Gasteiger partial charge in [-0.25, -0.2) is 13.2 Å². The van der Waals surface area contributed by atoms with Crippen molar-refractivity contribution >= 4 is 16.8 Å². The summed E-state index contributed by atoms with van der Waals surface area (Å²) in [6, 6.07) is 10.0. The Labute approximate surface area is 199 Å². The van der Waals surface area contributed by atoms with Gasteiger partial charge >= 0.3 is 0 Å². The van der Waals surface area contributed by atoms with Gasteiger partial charge in [-0.05, 0) is 49.7 Å². The van der Waals surface area contributed by atoms with Crippen LogP contribution >= 0.6 is 0 Å². The molecule has 35 heavy (non-hydrogen) atoms. The summed E-state index contributed by atoms with van der Waals surface area (Å²) in [5, 5.41) is 5.32. The molecule has 0 N–H and O–H groups in total. The number of hydrogen-bond donors (Lipinski definition) is 0. The van der Waals surface area contributed by atoms with E-state index in [1.165, 1.54) is 18.3 Å². The second-order valence-electron chi connectivity index (χ2n) is 8.53. The number of fused-ring (bicyclic) bond motifs is 2. The van der Waals surface area contributed by atoms with Crippen LogP contribution in [0.15, 0.2) is 48.7 Å². The molecule has 3 heterocycles. The van der Waals surface area contributed by atoms with Crippen molar-refractivity contribution < 1.29 is 22.7 Å². The molecule has 0 fully saturated rings. The predicted molar refractivity (Wildman–Crippen MR) is 125 cm³/mol. The van der Waals surface area contributed by atoms with Gasteiger partial charge in [0.1, 0.15) is 30.7 Å². The van der Waals surface area contributed by atoms with Crippen LogP contribution in [0.4, 0.5) is 13.2 Å². The summed E-state index contributed by atoms with van der Waals surface area (Å²) < 4.78 is 47.1. The van der Waals surface area contributed by atoms with Crippen LogP contribution < -0.4 is 4.74 Å². The van der Waals surface area contributed by atoms with Crippen molar-refractivity contribution in [3.05, 3.63) is 77.1 Å². The number of hydrogen-bond acceptors (Lipinski definition) is 4. The second-order valence-corrected chi connectivity index (χ2v) is 8.53. The van der Waals surface area contributed by atoms with E-state index in [4.69, 9.17) is 4.74 Å². The largest absolute Gasteiger partial charge is 0.489 e. The number of ether oxygens (including phenoxy) is 1. The number of rotatable bonds is 5. The van der Waals surface area contributed by atoms with Gasteiger partial charge in [-0.3, -0.25) is 14.5 Å². The first-order valence-electron chi connectivity index (χ1n) is 11.3. The van der Waals surface area contributed by atoms with Crippen LogP contribution in [0, 0.1) is 11.6 Å². The average Bonchev–Trinajstić information content (AvgIpc) is 3.18. The Kier molecular flexibility index (Phi) is 5.92. The lowest BCUT2D eigenvalue weighted by Gasteiger charge is -2.33. The number of pyridine rings is 1. The first-order chi connectivity index (χ1) is 16.9. The molecule has 0 bridgehead atoms. The molecule has 0 spiro atoms. The fourth-order valence-electron chi connectivity index (χ4n) is 4.72. The number of amides is 1. The van der Waals surface area contributed by atoms with E-state index in [0.717, 1.165) is 11.6 Å². The summed E-state index contributed by atoms with van der Waals surface area (Å²) in [4.78, 5) is 19.5. The summed E-state index contributed by atoms with van der Waals surface area (Å²) in [5.74, 6) is -1.03. The molecule has 0 saturated carbocycles. The molecular formula is C26H23F3N4O2. The molecule has 1 atom stereocenters. The highest BCUT2D eigenvalue weighted by atomic mass is 19.1. The molecule has 5 rings (SSSR count). The van der Waals surface area contributed by atoms with Gasteiger partial charge in [0, 0.05) is 41.7 Å². The van der Waals surface area contributed by atoms with Gasteiger partial charge in [0.25, 0.3) is 5.91 Å². The number of benzene rings is 2.